The second kappa shape index (κ2) is 7.69. The van der Waals surface area contributed by atoms with Gasteiger partial charge in [-0.2, -0.15) is 0 Å². The third-order valence-corrected chi connectivity index (χ3v) is 2.77. The summed E-state index contributed by atoms with van der Waals surface area (Å²) in [5, 5.41) is 0. The molecule has 3 nitrogen and oxygen atoms in total. The number of ether oxygens (including phenoxy) is 2. The van der Waals surface area contributed by atoms with E-state index in [1.165, 1.54) is 25.7 Å². The fraction of sp³-hybridized carbons (Fsp3) is 0.917. The Hall–Kier alpha value is -0.570. The van der Waals surface area contributed by atoms with Crippen molar-refractivity contribution in [2.75, 3.05) is 13.2 Å². The first-order valence-corrected chi connectivity index (χ1v) is 6.10. The van der Waals surface area contributed by atoms with Gasteiger partial charge in [-0.15, -0.1) is 0 Å². The van der Waals surface area contributed by atoms with Crippen molar-refractivity contribution in [3.05, 3.63) is 0 Å². The number of carbonyl (C=O) groups excluding carboxylic acids is 1. The number of carbonyl (C=O) groups is 1. The van der Waals surface area contributed by atoms with E-state index in [-0.39, 0.29) is 5.97 Å². The SMILES string of the molecule is CCOC(=O)CCOC1CCCCCC1. The molecule has 0 bridgehead atoms. The summed E-state index contributed by atoms with van der Waals surface area (Å²) in [7, 11) is 0. The molecule has 1 aliphatic carbocycles. The van der Waals surface area contributed by atoms with Crippen LogP contribution in [0, 0.1) is 0 Å². The van der Waals surface area contributed by atoms with Gasteiger partial charge in [0.05, 0.1) is 25.7 Å². The van der Waals surface area contributed by atoms with Gasteiger partial charge in [0.1, 0.15) is 0 Å². The van der Waals surface area contributed by atoms with E-state index in [2.05, 4.69) is 0 Å². The van der Waals surface area contributed by atoms with Crippen molar-refractivity contribution in [3.63, 3.8) is 0 Å². The lowest BCUT2D eigenvalue weighted by Crippen LogP contribution is -2.15. The van der Waals surface area contributed by atoms with E-state index in [4.69, 9.17) is 9.47 Å². The maximum absolute atomic E-state index is 11.1. The third-order valence-electron chi connectivity index (χ3n) is 2.77. The van der Waals surface area contributed by atoms with Crippen LogP contribution in [0.2, 0.25) is 0 Å². The van der Waals surface area contributed by atoms with Gasteiger partial charge in [-0.05, 0) is 19.8 Å². The molecule has 0 saturated heterocycles. The summed E-state index contributed by atoms with van der Waals surface area (Å²) in [5.74, 6) is -0.147. The van der Waals surface area contributed by atoms with E-state index in [9.17, 15) is 4.79 Å². The fourth-order valence-corrected chi connectivity index (χ4v) is 1.95. The smallest absolute Gasteiger partial charge is 0.308 e. The molecule has 0 unspecified atom stereocenters. The first kappa shape index (κ1) is 12.5. The molecule has 0 aromatic heterocycles. The molecule has 15 heavy (non-hydrogen) atoms. The summed E-state index contributed by atoms with van der Waals surface area (Å²) >= 11 is 0. The van der Waals surface area contributed by atoms with Crippen LogP contribution in [0.15, 0.2) is 0 Å². The summed E-state index contributed by atoms with van der Waals surface area (Å²) < 4.78 is 10.5. The second-order valence-electron chi connectivity index (χ2n) is 4.04. The van der Waals surface area contributed by atoms with Gasteiger partial charge in [-0.25, -0.2) is 0 Å². The van der Waals surface area contributed by atoms with Crippen LogP contribution in [0.25, 0.3) is 0 Å². The predicted octanol–water partition coefficient (Wildman–Crippen LogP) is 2.68. The fourth-order valence-electron chi connectivity index (χ4n) is 1.95. The summed E-state index contributed by atoms with van der Waals surface area (Å²) in [5.41, 5.74) is 0. The lowest BCUT2D eigenvalue weighted by molar-refractivity contribution is -0.144. The van der Waals surface area contributed by atoms with Crippen molar-refractivity contribution in [1.29, 1.82) is 0 Å². The minimum Gasteiger partial charge on any atom is -0.466 e. The van der Waals surface area contributed by atoms with Crippen LogP contribution in [0.4, 0.5) is 0 Å². The molecule has 88 valence electrons. The van der Waals surface area contributed by atoms with E-state index < -0.39 is 0 Å². The first-order chi connectivity index (χ1) is 7.33. The molecule has 1 aliphatic rings. The first-order valence-electron chi connectivity index (χ1n) is 6.10. The number of rotatable bonds is 5. The Morgan fingerprint density at radius 1 is 1.20 bits per heavy atom. The molecule has 0 aromatic carbocycles. The highest BCUT2D eigenvalue weighted by Gasteiger charge is 2.13. The molecule has 0 heterocycles. The van der Waals surface area contributed by atoms with Gasteiger partial charge < -0.3 is 9.47 Å². The predicted molar refractivity (Wildman–Crippen MR) is 58.7 cm³/mol. The molecule has 1 rings (SSSR count). The molecule has 0 amide bonds. The average Bonchev–Trinajstić information content (AvgIpc) is 2.47. The van der Waals surface area contributed by atoms with E-state index in [0.717, 1.165) is 12.8 Å². The zero-order chi connectivity index (χ0) is 10.9. The summed E-state index contributed by atoms with van der Waals surface area (Å²) in [6.07, 6.45) is 8.28. The standard InChI is InChI=1S/C12H22O3/c1-2-14-12(13)9-10-15-11-7-5-3-4-6-8-11/h11H,2-10H2,1H3. The van der Waals surface area contributed by atoms with Gasteiger partial charge in [0, 0.05) is 0 Å². The van der Waals surface area contributed by atoms with Gasteiger partial charge in [0.2, 0.25) is 0 Å². The van der Waals surface area contributed by atoms with Crippen LogP contribution in [-0.4, -0.2) is 25.3 Å². The highest BCUT2D eigenvalue weighted by atomic mass is 16.5. The van der Waals surface area contributed by atoms with E-state index in [1.807, 2.05) is 6.92 Å². The number of esters is 1. The minimum absolute atomic E-state index is 0.147. The maximum atomic E-state index is 11.1. The zero-order valence-electron chi connectivity index (χ0n) is 9.67. The van der Waals surface area contributed by atoms with Crippen LogP contribution in [0.1, 0.15) is 51.9 Å². The number of hydrogen-bond donors (Lipinski definition) is 0. The summed E-state index contributed by atoms with van der Waals surface area (Å²) in [6.45, 7) is 2.80. The Morgan fingerprint density at radius 3 is 2.47 bits per heavy atom. The quantitative estimate of drug-likeness (QED) is 0.521. The van der Waals surface area contributed by atoms with Crippen molar-refractivity contribution >= 4 is 5.97 Å². The molecule has 0 radical (unpaired) electrons. The van der Waals surface area contributed by atoms with Crippen molar-refractivity contribution in [1.82, 2.24) is 0 Å². The Balaban J connectivity index is 2.05. The van der Waals surface area contributed by atoms with Crippen LogP contribution in [-0.2, 0) is 14.3 Å². The van der Waals surface area contributed by atoms with Gasteiger partial charge >= 0.3 is 5.97 Å². The van der Waals surface area contributed by atoms with Crippen molar-refractivity contribution in [2.24, 2.45) is 0 Å². The Labute approximate surface area is 92.1 Å². The largest absolute Gasteiger partial charge is 0.466 e. The molecular weight excluding hydrogens is 192 g/mol. The second-order valence-corrected chi connectivity index (χ2v) is 4.04. The van der Waals surface area contributed by atoms with Gasteiger partial charge in [-0.1, -0.05) is 25.7 Å². The maximum Gasteiger partial charge on any atom is 0.308 e. The van der Waals surface area contributed by atoms with E-state index in [1.54, 1.807) is 0 Å². The van der Waals surface area contributed by atoms with Gasteiger partial charge in [0.15, 0.2) is 0 Å². The van der Waals surface area contributed by atoms with Gasteiger partial charge in [0.25, 0.3) is 0 Å². The minimum atomic E-state index is -0.147. The molecule has 0 aromatic rings. The van der Waals surface area contributed by atoms with Crippen LogP contribution in [0.5, 0.6) is 0 Å². The van der Waals surface area contributed by atoms with Crippen molar-refractivity contribution in [3.8, 4) is 0 Å². The normalized spacial score (nSPS) is 18.5. The molecule has 0 atom stereocenters. The zero-order valence-corrected chi connectivity index (χ0v) is 9.67. The Morgan fingerprint density at radius 2 is 1.87 bits per heavy atom. The summed E-state index contributed by atoms with van der Waals surface area (Å²) in [4.78, 5) is 11.1. The third kappa shape index (κ3) is 5.78. The lowest BCUT2D eigenvalue weighted by Gasteiger charge is -2.14. The number of hydrogen-bond acceptors (Lipinski definition) is 3. The van der Waals surface area contributed by atoms with E-state index in [0.29, 0.717) is 25.7 Å². The average molecular weight is 214 g/mol. The van der Waals surface area contributed by atoms with Gasteiger partial charge in [-0.3, -0.25) is 4.79 Å². The molecule has 3 heteroatoms. The topological polar surface area (TPSA) is 35.5 Å². The van der Waals surface area contributed by atoms with Crippen molar-refractivity contribution < 1.29 is 14.3 Å². The molecule has 0 aliphatic heterocycles. The monoisotopic (exact) mass is 214 g/mol. The van der Waals surface area contributed by atoms with E-state index >= 15 is 0 Å². The highest BCUT2D eigenvalue weighted by molar-refractivity contribution is 5.69. The molecule has 0 N–H and O–H groups in total. The Bertz CT molecular complexity index is 172. The molecule has 0 spiro atoms. The van der Waals surface area contributed by atoms with Crippen LogP contribution < -0.4 is 0 Å². The van der Waals surface area contributed by atoms with Crippen LogP contribution in [0.3, 0.4) is 0 Å². The lowest BCUT2D eigenvalue weighted by atomic mass is 10.1. The molecular formula is C12H22O3. The van der Waals surface area contributed by atoms with Crippen LogP contribution >= 0.6 is 0 Å². The highest BCUT2D eigenvalue weighted by Crippen LogP contribution is 2.19. The Kier molecular flexibility index (Phi) is 6.41. The molecule has 1 fully saturated rings. The summed E-state index contributed by atoms with van der Waals surface area (Å²) in [6, 6.07) is 0. The van der Waals surface area contributed by atoms with Crippen molar-refractivity contribution in [2.45, 2.75) is 58.0 Å². The molecule has 1 saturated carbocycles.